The summed E-state index contributed by atoms with van der Waals surface area (Å²) in [5.74, 6) is 0.190. The predicted octanol–water partition coefficient (Wildman–Crippen LogP) is 2.82. The molecule has 0 fully saturated rings. The van der Waals surface area contributed by atoms with Crippen LogP contribution in [0.4, 0.5) is 0 Å². The average Bonchev–Trinajstić information content (AvgIpc) is 2.09. The number of azide groups is 1. The molecule has 4 nitrogen and oxygen atoms in total. The molecule has 0 saturated heterocycles. The first-order valence-corrected chi connectivity index (χ1v) is 3.95. The van der Waals surface area contributed by atoms with Crippen LogP contribution in [-0.4, -0.2) is 5.11 Å². The third kappa shape index (κ3) is 2.13. The van der Waals surface area contributed by atoms with Crippen molar-refractivity contribution in [3.63, 3.8) is 0 Å². The second-order valence-electron chi connectivity index (χ2n) is 2.95. The lowest BCUT2D eigenvalue weighted by atomic mass is 10.1. The van der Waals surface area contributed by atoms with Crippen molar-refractivity contribution in [1.29, 1.82) is 0 Å². The third-order valence-electron chi connectivity index (χ3n) is 2.00. The molecule has 0 atom stereocenters. The number of rotatable bonds is 2. The highest BCUT2D eigenvalue weighted by molar-refractivity contribution is 5.40. The van der Waals surface area contributed by atoms with Crippen molar-refractivity contribution in [2.75, 3.05) is 0 Å². The van der Waals surface area contributed by atoms with Crippen molar-refractivity contribution in [1.82, 2.24) is 0 Å². The number of hydrogen-bond acceptors (Lipinski definition) is 2. The lowest BCUT2D eigenvalue weighted by Crippen LogP contribution is -1.87. The molecule has 4 heteroatoms. The van der Waals surface area contributed by atoms with Gasteiger partial charge in [-0.2, -0.15) is 0 Å². The molecule has 1 N–H and O–H groups in total. The Morgan fingerprint density at radius 1 is 1.38 bits per heavy atom. The summed E-state index contributed by atoms with van der Waals surface area (Å²) in [7, 11) is 0. The van der Waals surface area contributed by atoms with Gasteiger partial charge in [-0.25, -0.2) is 0 Å². The maximum absolute atomic E-state index is 9.46. The quantitative estimate of drug-likeness (QED) is 0.421. The summed E-state index contributed by atoms with van der Waals surface area (Å²) < 4.78 is 0. The van der Waals surface area contributed by atoms with E-state index in [4.69, 9.17) is 5.53 Å². The van der Waals surface area contributed by atoms with Gasteiger partial charge in [-0.3, -0.25) is 0 Å². The fraction of sp³-hybridized carbons (Fsp3) is 0.333. The van der Waals surface area contributed by atoms with Crippen LogP contribution in [-0.2, 0) is 6.54 Å². The van der Waals surface area contributed by atoms with E-state index < -0.39 is 0 Å². The molecule has 0 bridgehead atoms. The van der Waals surface area contributed by atoms with Gasteiger partial charge in [-0.15, -0.1) is 0 Å². The van der Waals surface area contributed by atoms with E-state index in [9.17, 15) is 5.11 Å². The maximum Gasteiger partial charge on any atom is 0.119 e. The molecule has 0 amide bonds. The SMILES string of the molecule is Cc1cc(O)c(CN=[N+]=[N-])cc1C. The molecule has 0 radical (unpaired) electrons. The van der Waals surface area contributed by atoms with Crippen LogP contribution < -0.4 is 0 Å². The first kappa shape index (κ1) is 9.42. The van der Waals surface area contributed by atoms with Crippen LogP contribution in [0.25, 0.3) is 10.4 Å². The number of hydrogen-bond donors (Lipinski definition) is 1. The lowest BCUT2D eigenvalue weighted by Gasteiger charge is -2.05. The van der Waals surface area contributed by atoms with Gasteiger partial charge in [0, 0.05) is 4.91 Å². The second kappa shape index (κ2) is 3.83. The zero-order chi connectivity index (χ0) is 9.84. The van der Waals surface area contributed by atoms with E-state index in [2.05, 4.69) is 10.0 Å². The normalized spacial score (nSPS) is 9.38. The van der Waals surface area contributed by atoms with Gasteiger partial charge in [-0.05, 0) is 42.1 Å². The molecule has 0 heterocycles. The van der Waals surface area contributed by atoms with E-state index in [1.165, 1.54) is 0 Å². The lowest BCUT2D eigenvalue weighted by molar-refractivity contribution is 0.467. The fourth-order valence-corrected chi connectivity index (χ4v) is 1.10. The topological polar surface area (TPSA) is 69.0 Å². The Morgan fingerprint density at radius 2 is 2.00 bits per heavy atom. The molecule has 0 aliphatic carbocycles. The summed E-state index contributed by atoms with van der Waals surface area (Å²) in [6.07, 6.45) is 0. The first-order chi connectivity index (χ1) is 6.15. The molecule has 1 aromatic rings. The number of phenolic OH excluding ortho intramolecular Hbond substituents is 1. The van der Waals surface area contributed by atoms with Crippen LogP contribution in [0, 0.1) is 13.8 Å². The molecular weight excluding hydrogens is 166 g/mol. The highest BCUT2D eigenvalue weighted by Gasteiger charge is 2.02. The number of benzene rings is 1. The Bertz CT molecular complexity index is 367. The largest absolute Gasteiger partial charge is 0.508 e. The van der Waals surface area contributed by atoms with E-state index in [1.54, 1.807) is 6.07 Å². The molecular formula is C9H11N3O. The first-order valence-electron chi connectivity index (χ1n) is 3.95. The average molecular weight is 177 g/mol. The molecule has 0 spiro atoms. The predicted molar refractivity (Wildman–Crippen MR) is 50.4 cm³/mol. The Labute approximate surface area is 76.5 Å². The monoisotopic (exact) mass is 177 g/mol. The molecule has 1 aromatic carbocycles. The molecule has 68 valence electrons. The van der Waals surface area contributed by atoms with Crippen molar-refractivity contribution in [2.24, 2.45) is 5.11 Å². The third-order valence-corrected chi connectivity index (χ3v) is 2.00. The van der Waals surface area contributed by atoms with Crippen LogP contribution in [0.3, 0.4) is 0 Å². The van der Waals surface area contributed by atoms with Gasteiger partial charge in [0.05, 0.1) is 6.54 Å². The molecule has 0 aromatic heterocycles. The van der Waals surface area contributed by atoms with Crippen molar-refractivity contribution < 1.29 is 5.11 Å². The van der Waals surface area contributed by atoms with Gasteiger partial charge in [0.1, 0.15) is 5.75 Å². The summed E-state index contributed by atoms with van der Waals surface area (Å²) in [6, 6.07) is 3.51. The van der Waals surface area contributed by atoms with Gasteiger partial charge in [0.25, 0.3) is 0 Å². The minimum Gasteiger partial charge on any atom is -0.508 e. The van der Waals surface area contributed by atoms with Gasteiger partial charge < -0.3 is 5.11 Å². The maximum atomic E-state index is 9.46. The van der Waals surface area contributed by atoms with Gasteiger partial charge in [0.2, 0.25) is 0 Å². The fourth-order valence-electron chi connectivity index (χ4n) is 1.10. The number of nitrogens with zero attached hydrogens (tertiary/aromatic N) is 3. The van der Waals surface area contributed by atoms with E-state index in [1.807, 2.05) is 19.9 Å². The van der Waals surface area contributed by atoms with Crippen molar-refractivity contribution in [3.8, 4) is 5.75 Å². The van der Waals surface area contributed by atoms with Crippen molar-refractivity contribution >= 4 is 0 Å². The summed E-state index contributed by atoms with van der Waals surface area (Å²) in [4.78, 5) is 2.64. The second-order valence-corrected chi connectivity index (χ2v) is 2.95. The van der Waals surface area contributed by atoms with E-state index in [0.29, 0.717) is 5.56 Å². The number of aromatic hydroxyl groups is 1. The van der Waals surface area contributed by atoms with Gasteiger partial charge >= 0.3 is 0 Å². The zero-order valence-electron chi connectivity index (χ0n) is 7.65. The molecule has 1 rings (SSSR count). The Hall–Kier alpha value is -1.67. The van der Waals surface area contributed by atoms with E-state index in [-0.39, 0.29) is 12.3 Å². The number of aryl methyl sites for hydroxylation is 2. The summed E-state index contributed by atoms with van der Waals surface area (Å²) in [5, 5.41) is 12.9. The molecule has 13 heavy (non-hydrogen) atoms. The minimum absolute atomic E-state index is 0.190. The van der Waals surface area contributed by atoms with Crippen LogP contribution in [0.1, 0.15) is 16.7 Å². The van der Waals surface area contributed by atoms with Crippen molar-refractivity contribution in [3.05, 3.63) is 39.3 Å². The van der Waals surface area contributed by atoms with Crippen LogP contribution in [0.5, 0.6) is 5.75 Å². The van der Waals surface area contributed by atoms with Gasteiger partial charge in [-0.1, -0.05) is 11.2 Å². The Morgan fingerprint density at radius 3 is 2.62 bits per heavy atom. The van der Waals surface area contributed by atoms with Crippen LogP contribution >= 0.6 is 0 Å². The number of phenols is 1. The van der Waals surface area contributed by atoms with Crippen molar-refractivity contribution in [2.45, 2.75) is 20.4 Å². The Balaban J connectivity index is 3.07. The smallest absolute Gasteiger partial charge is 0.119 e. The van der Waals surface area contributed by atoms with E-state index >= 15 is 0 Å². The minimum atomic E-state index is 0.190. The summed E-state index contributed by atoms with van der Waals surface area (Å²) in [6.45, 7) is 4.07. The Kier molecular flexibility index (Phi) is 2.77. The highest BCUT2D eigenvalue weighted by atomic mass is 16.3. The van der Waals surface area contributed by atoms with Gasteiger partial charge in [0.15, 0.2) is 0 Å². The molecule has 0 aliphatic rings. The zero-order valence-corrected chi connectivity index (χ0v) is 7.65. The summed E-state index contributed by atoms with van der Waals surface area (Å²) >= 11 is 0. The summed E-state index contributed by atoms with van der Waals surface area (Å²) in [5.41, 5.74) is 10.9. The molecule has 0 aliphatic heterocycles. The van der Waals surface area contributed by atoms with Crippen LogP contribution in [0.2, 0.25) is 0 Å². The van der Waals surface area contributed by atoms with E-state index in [0.717, 1.165) is 11.1 Å². The standard InChI is InChI=1S/C9H11N3O/c1-6-3-8(5-11-12-10)9(13)4-7(6)2/h3-4,13H,5H2,1-2H3. The highest BCUT2D eigenvalue weighted by Crippen LogP contribution is 2.22. The molecule has 0 saturated carbocycles. The molecule has 0 unspecified atom stereocenters. The van der Waals surface area contributed by atoms with Crippen LogP contribution in [0.15, 0.2) is 17.2 Å².